The lowest BCUT2D eigenvalue weighted by Crippen LogP contribution is -2.33. The Bertz CT molecular complexity index is 208. The lowest BCUT2D eigenvalue weighted by atomic mass is 10.3. The molecule has 0 N–H and O–H groups in total. The van der Waals surface area contributed by atoms with Crippen molar-refractivity contribution in [1.82, 2.24) is 4.90 Å². The van der Waals surface area contributed by atoms with Gasteiger partial charge in [-0.2, -0.15) is 12.6 Å². The van der Waals surface area contributed by atoms with Crippen LogP contribution < -0.4 is 0 Å². The third kappa shape index (κ3) is 3.68. The molecule has 1 rings (SSSR count). The molecule has 0 aliphatic carbocycles. The van der Waals surface area contributed by atoms with Crippen molar-refractivity contribution in [3.05, 3.63) is 0 Å². The summed E-state index contributed by atoms with van der Waals surface area (Å²) in [6.45, 7) is 1.41. The van der Waals surface area contributed by atoms with E-state index in [2.05, 4.69) is 12.6 Å². The molecule has 0 saturated carbocycles. The second kappa shape index (κ2) is 5.65. The maximum Gasteiger partial charge on any atom is 0.223 e. The highest BCUT2D eigenvalue weighted by molar-refractivity contribution is 7.85. The van der Waals surface area contributed by atoms with E-state index in [-0.39, 0.29) is 5.91 Å². The van der Waals surface area contributed by atoms with Crippen molar-refractivity contribution in [3.63, 3.8) is 0 Å². The molecule has 0 radical (unpaired) electrons. The van der Waals surface area contributed by atoms with Gasteiger partial charge in [-0.25, -0.2) is 0 Å². The summed E-state index contributed by atoms with van der Waals surface area (Å²) in [5, 5.41) is 0. The number of hydrogen-bond acceptors (Lipinski definition) is 3. The lowest BCUT2D eigenvalue weighted by Gasteiger charge is -2.18. The van der Waals surface area contributed by atoms with Gasteiger partial charge >= 0.3 is 0 Å². The Morgan fingerprint density at radius 3 is 2.85 bits per heavy atom. The Labute approximate surface area is 86.7 Å². The van der Waals surface area contributed by atoms with Gasteiger partial charge in [0.25, 0.3) is 0 Å². The van der Waals surface area contributed by atoms with Crippen molar-refractivity contribution < 1.29 is 9.00 Å². The third-order valence-electron chi connectivity index (χ3n) is 2.07. The zero-order chi connectivity index (χ0) is 9.68. The number of nitrogens with zero attached hydrogens (tertiary/aromatic N) is 1. The van der Waals surface area contributed by atoms with Crippen LogP contribution >= 0.6 is 12.6 Å². The number of hydrogen-bond donors (Lipinski definition) is 1. The zero-order valence-electron chi connectivity index (χ0n) is 7.57. The molecule has 0 aromatic carbocycles. The summed E-state index contributed by atoms with van der Waals surface area (Å²) in [4.78, 5) is 13.2. The minimum Gasteiger partial charge on any atom is -0.342 e. The van der Waals surface area contributed by atoms with Gasteiger partial charge in [0, 0.05) is 41.8 Å². The van der Waals surface area contributed by atoms with Crippen LogP contribution in [0.1, 0.15) is 12.8 Å². The molecule has 1 amide bonds. The Balaban J connectivity index is 2.41. The second-order valence-electron chi connectivity index (χ2n) is 3.06. The summed E-state index contributed by atoms with van der Waals surface area (Å²) in [6, 6.07) is 0. The van der Waals surface area contributed by atoms with Crippen LogP contribution in [0.2, 0.25) is 0 Å². The fourth-order valence-corrected chi connectivity index (χ4v) is 2.62. The van der Waals surface area contributed by atoms with Gasteiger partial charge in [-0.3, -0.25) is 9.00 Å². The molecule has 1 heterocycles. The van der Waals surface area contributed by atoms with Gasteiger partial charge in [0.2, 0.25) is 5.91 Å². The Morgan fingerprint density at radius 1 is 1.38 bits per heavy atom. The minimum absolute atomic E-state index is 0.147. The number of carbonyl (C=O) groups is 1. The van der Waals surface area contributed by atoms with Crippen molar-refractivity contribution in [2.45, 2.75) is 12.8 Å². The monoisotopic (exact) mass is 221 g/mol. The van der Waals surface area contributed by atoms with Gasteiger partial charge in [0.15, 0.2) is 0 Å². The topological polar surface area (TPSA) is 37.4 Å². The molecule has 1 aliphatic heterocycles. The van der Waals surface area contributed by atoms with E-state index in [4.69, 9.17) is 0 Å². The van der Waals surface area contributed by atoms with Crippen LogP contribution in [-0.4, -0.2) is 45.4 Å². The van der Waals surface area contributed by atoms with Gasteiger partial charge in [-0.05, 0) is 12.2 Å². The van der Waals surface area contributed by atoms with Gasteiger partial charge in [0.1, 0.15) is 0 Å². The molecular formula is C8H15NO2S2. The summed E-state index contributed by atoms with van der Waals surface area (Å²) < 4.78 is 11.2. The highest BCUT2D eigenvalue weighted by Gasteiger charge is 2.16. The second-order valence-corrected chi connectivity index (χ2v) is 5.20. The highest BCUT2D eigenvalue weighted by Crippen LogP contribution is 2.04. The first-order valence-electron chi connectivity index (χ1n) is 4.47. The standard InChI is InChI=1S/C8H15NO2S2/c10-8(2-5-12)9-3-1-6-13(11)7-4-9/h12H,1-7H2. The summed E-state index contributed by atoms with van der Waals surface area (Å²) in [6.07, 6.45) is 1.36. The molecule has 0 aromatic rings. The fourth-order valence-electron chi connectivity index (χ4n) is 1.35. The van der Waals surface area contributed by atoms with E-state index in [9.17, 15) is 9.00 Å². The largest absolute Gasteiger partial charge is 0.342 e. The molecule has 1 unspecified atom stereocenters. The van der Waals surface area contributed by atoms with Crippen LogP contribution in [0.5, 0.6) is 0 Å². The molecule has 0 aromatic heterocycles. The Morgan fingerprint density at radius 2 is 2.15 bits per heavy atom. The van der Waals surface area contributed by atoms with Gasteiger partial charge in [0.05, 0.1) is 0 Å². The summed E-state index contributed by atoms with van der Waals surface area (Å²) in [7, 11) is -0.712. The smallest absolute Gasteiger partial charge is 0.223 e. The van der Waals surface area contributed by atoms with Crippen LogP contribution in [0.4, 0.5) is 0 Å². The zero-order valence-corrected chi connectivity index (χ0v) is 9.28. The van der Waals surface area contributed by atoms with E-state index >= 15 is 0 Å². The molecular weight excluding hydrogens is 206 g/mol. The molecule has 1 saturated heterocycles. The SMILES string of the molecule is O=C(CCS)N1CCCS(=O)CC1. The quantitative estimate of drug-likeness (QED) is 0.680. The van der Waals surface area contributed by atoms with E-state index in [0.717, 1.165) is 18.7 Å². The molecule has 13 heavy (non-hydrogen) atoms. The molecule has 1 fully saturated rings. The van der Waals surface area contributed by atoms with Crippen LogP contribution in [0.15, 0.2) is 0 Å². The first-order valence-corrected chi connectivity index (χ1v) is 6.59. The molecule has 1 aliphatic rings. The van der Waals surface area contributed by atoms with Gasteiger partial charge < -0.3 is 4.90 Å². The van der Waals surface area contributed by atoms with Crippen molar-refractivity contribution in [2.24, 2.45) is 0 Å². The summed E-state index contributed by atoms with van der Waals surface area (Å²) >= 11 is 4.02. The third-order valence-corrected chi connectivity index (χ3v) is 3.67. The highest BCUT2D eigenvalue weighted by atomic mass is 32.2. The number of amides is 1. The van der Waals surface area contributed by atoms with Gasteiger partial charge in [-0.1, -0.05) is 0 Å². The normalized spacial score (nSPS) is 24.1. The summed E-state index contributed by atoms with van der Waals surface area (Å²) in [5.74, 6) is 2.12. The van der Waals surface area contributed by atoms with Crippen molar-refractivity contribution in [3.8, 4) is 0 Å². The van der Waals surface area contributed by atoms with Crippen LogP contribution in [0, 0.1) is 0 Å². The number of rotatable bonds is 2. The first-order chi connectivity index (χ1) is 6.24. The summed E-state index contributed by atoms with van der Waals surface area (Å²) in [5.41, 5.74) is 0. The molecule has 76 valence electrons. The van der Waals surface area contributed by atoms with E-state index in [1.165, 1.54) is 0 Å². The molecule has 3 nitrogen and oxygen atoms in total. The van der Waals surface area contributed by atoms with Gasteiger partial charge in [-0.15, -0.1) is 0 Å². The maximum atomic E-state index is 11.4. The average Bonchev–Trinajstić information content (AvgIpc) is 2.30. The number of thiol groups is 1. The fraction of sp³-hybridized carbons (Fsp3) is 0.875. The van der Waals surface area contributed by atoms with E-state index in [0.29, 0.717) is 24.5 Å². The lowest BCUT2D eigenvalue weighted by molar-refractivity contribution is -0.130. The molecule has 0 spiro atoms. The predicted octanol–water partition coefficient (Wildman–Crippen LogP) is 0.287. The molecule has 1 atom stereocenters. The Hall–Kier alpha value is -0.0300. The molecule has 5 heteroatoms. The molecule has 0 bridgehead atoms. The Kier molecular flexibility index (Phi) is 4.80. The van der Waals surface area contributed by atoms with E-state index < -0.39 is 10.8 Å². The minimum atomic E-state index is -0.712. The van der Waals surface area contributed by atoms with Crippen molar-refractivity contribution in [2.75, 3.05) is 30.3 Å². The van der Waals surface area contributed by atoms with Crippen LogP contribution in [0.25, 0.3) is 0 Å². The first kappa shape index (κ1) is 11.0. The predicted molar refractivity (Wildman–Crippen MR) is 57.5 cm³/mol. The van der Waals surface area contributed by atoms with E-state index in [1.54, 1.807) is 4.90 Å². The van der Waals surface area contributed by atoms with Crippen molar-refractivity contribution >= 4 is 29.3 Å². The average molecular weight is 221 g/mol. The van der Waals surface area contributed by atoms with Crippen LogP contribution in [-0.2, 0) is 15.6 Å². The van der Waals surface area contributed by atoms with Crippen molar-refractivity contribution in [1.29, 1.82) is 0 Å². The number of carbonyl (C=O) groups excluding carboxylic acids is 1. The van der Waals surface area contributed by atoms with E-state index in [1.807, 2.05) is 0 Å². The van der Waals surface area contributed by atoms with Crippen LogP contribution in [0.3, 0.4) is 0 Å². The maximum absolute atomic E-state index is 11.4.